The van der Waals surface area contributed by atoms with Crippen molar-refractivity contribution in [1.82, 2.24) is 15.5 Å². The zero-order valence-corrected chi connectivity index (χ0v) is 19.9. The summed E-state index contributed by atoms with van der Waals surface area (Å²) in [5, 5.41) is 6.63. The van der Waals surface area contributed by atoms with Crippen LogP contribution in [0, 0.1) is 0 Å². The fraction of sp³-hybridized carbons (Fsp3) is 0.391. The third-order valence-electron chi connectivity index (χ3n) is 5.06. The molecule has 1 saturated heterocycles. The Bertz CT molecular complexity index is 832. The van der Waals surface area contributed by atoms with Gasteiger partial charge in [0.05, 0.1) is 6.54 Å². The Labute approximate surface area is 196 Å². The summed E-state index contributed by atoms with van der Waals surface area (Å²) < 4.78 is 0. The van der Waals surface area contributed by atoms with Crippen LogP contribution in [0.25, 0.3) is 0 Å². The van der Waals surface area contributed by atoms with E-state index in [1.807, 2.05) is 19.1 Å². The fourth-order valence-corrected chi connectivity index (χ4v) is 3.48. The molecule has 2 aromatic carbocycles. The molecule has 0 radical (unpaired) electrons. The summed E-state index contributed by atoms with van der Waals surface area (Å²) >= 11 is 0. The minimum absolute atomic E-state index is 0. The molecule has 0 aliphatic carbocycles. The van der Waals surface area contributed by atoms with Crippen molar-refractivity contribution in [3.8, 4) is 0 Å². The number of carbonyl (C=O) groups is 1. The Balaban J connectivity index is 0.00000320. The summed E-state index contributed by atoms with van der Waals surface area (Å²) in [4.78, 5) is 18.5. The van der Waals surface area contributed by atoms with Gasteiger partial charge in [-0.05, 0) is 61.7 Å². The van der Waals surface area contributed by atoms with Gasteiger partial charge in [0.1, 0.15) is 0 Å². The Morgan fingerprint density at radius 2 is 1.73 bits per heavy atom. The second-order valence-corrected chi connectivity index (χ2v) is 7.41. The number of benzene rings is 2. The maximum absolute atomic E-state index is 11.3. The third kappa shape index (κ3) is 7.60. The summed E-state index contributed by atoms with van der Waals surface area (Å²) in [6.45, 7) is 7.48. The van der Waals surface area contributed by atoms with Gasteiger partial charge < -0.3 is 16.4 Å². The summed E-state index contributed by atoms with van der Waals surface area (Å²) in [5.74, 6) is 0.326. The lowest BCUT2D eigenvalue weighted by Gasteiger charge is -2.15. The molecule has 6 nitrogen and oxygen atoms in total. The highest BCUT2D eigenvalue weighted by Gasteiger charge is 2.11. The maximum atomic E-state index is 11.3. The second kappa shape index (κ2) is 12.5. The van der Waals surface area contributed by atoms with Gasteiger partial charge in [-0.2, -0.15) is 0 Å². The van der Waals surface area contributed by atoms with E-state index in [1.54, 1.807) is 12.1 Å². The molecule has 30 heavy (non-hydrogen) atoms. The van der Waals surface area contributed by atoms with Crippen molar-refractivity contribution < 1.29 is 4.79 Å². The summed E-state index contributed by atoms with van der Waals surface area (Å²) in [7, 11) is 0. The predicted molar refractivity (Wildman–Crippen MR) is 133 cm³/mol. The molecule has 1 amide bonds. The van der Waals surface area contributed by atoms with E-state index in [0.717, 1.165) is 24.6 Å². The van der Waals surface area contributed by atoms with Crippen LogP contribution in [0.3, 0.4) is 0 Å². The molecule has 4 N–H and O–H groups in total. The fourth-order valence-electron chi connectivity index (χ4n) is 3.48. The van der Waals surface area contributed by atoms with Gasteiger partial charge in [-0.3, -0.25) is 9.69 Å². The van der Waals surface area contributed by atoms with Crippen molar-refractivity contribution >= 4 is 35.8 Å². The number of likely N-dealkylation sites (tertiary alicyclic amines) is 1. The van der Waals surface area contributed by atoms with E-state index in [2.05, 4.69) is 44.8 Å². The van der Waals surface area contributed by atoms with Gasteiger partial charge in [0, 0.05) is 25.2 Å². The SMILES string of the molecule is CCNC(=NCc1cccc(C(N)=O)c1)NCc1ccc(CN2CCCC2)cc1.I. The van der Waals surface area contributed by atoms with E-state index < -0.39 is 5.91 Å². The molecule has 1 fully saturated rings. The van der Waals surface area contributed by atoms with Crippen LogP contribution < -0.4 is 16.4 Å². The van der Waals surface area contributed by atoms with Crippen molar-refractivity contribution in [2.45, 2.75) is 39.4 Å². The lowest BCUT2D eigenvalue weighted by molar-refractivity contribution is 0.1000. The molecule has 1 aliphatic heterocycles. The first-order valence-electron chi connectivity index (χ1n) is 10.3. The number of nitrogens with zero attached hydrogens (tertiary/aromatic N) is 2. The average Bonchev–Trinajstić information content (AvgIpc) is 3.24. The number of hydrogen-bond donors (Lipinski definition) is 3. The van der Waals surface area contributed by atoms with E-state index in [0.29, 0.717) is 18.7 Å². The van der Waals surface area contributed by atoms with Crippen molar-refractivity contribution in [2.24, 2.45) is 10.7 Å². The molecular formula is C23H32IN5O. The summed E-state index contributed by atoms with van der Waals surface area (Å²) in [6.07, 6.45) is 2.64. The first-order valence-corrected chi connectivity index (χ1v) is 10.3. The van der Waals surface area contributed by atoms with Crippen LogP contribution in [-0.4, -0.2) is 36.4 Å². The molecule has 7 heteroatoms. The lowest BCUT2D eigenvalue weighted by Crippen LogP contribution is -2.36. The lowest BCUT2D eigenvalue weighted by atomic mass is 10.1. The monoisotopic (exact) mass is 521 g/mol. The van der Waals surface area contributed by atoms with Crippen LogP contribution in [0.5, 0.6) is 0 Å². The first kappa shape index (κ1) is 24.1. The van der Waals surface area contributed by atoms with Crippen LogP contribution in [0.4, 0.5) is 0 Å². The van der Waals surface area contributed by atoms with Gasteiger partial charge in [0.15, 0.2) is 5.96 Å². The number of primary amides is 1. The van der Waals surface area contributed by atoms with Crippen molar-refractivity contribution in [3.63, 3.8) is 0 Å². The van der Waals surface area contributed by atoms with E-state index >= 15 is 0 Å². The Kier molecular flexibility index (Phi) is 10.1. The molecule has 0 unspecified atom stereocenters. The molecule has 0 spiro atoms. The molecule has 0 atom stereocenters. The van der Waals surface area contributed by atoms with Gasteiger partial charge in [0.2, 0.25) is 5.91 Å². The third-order valence-corrected chi connectivity index (χ3v) is 5.06. The molecule has 0 saturated carbocycles. The van der Waals surface area contributed by atoms with Gasteiger partial charge >= 0.3 is 0 Å². The number of rotatable bonds is 8. The standard InChI is InChI=1S/C23H31N5O.HI/c1-2-25-23(27-16-20-6-5-7-21(14-20)22(24)29)26-15-18-8-10-19(11-9-18)17-28-12-3-4-13-28;/h5-11,14H,2-4,12-13,15-17H2,1H3,(H2,24,29)(H2,25,26,27);1H. The Morgan fingerprint density at radius 1 is 1.03 bits per heavy atom. The highest BCUT2D eigenvalue weighted by Crippen LogP contribution is 2.13. The van der Waals surface area contributed by atoms with Gasteiger partial charge in [-0.15, -0.1) is 24.0 Å². The largest absolute Gasteiger partial charge is 0.366 e. The minimum atomic E-state index is -0.422. The van der Waals surface area contributed by atoms with Crippen LogP contribution in [0.2, 0.25) is 0 Å². The van der Waals surface area contributed by atoms with Crippen molar-refractivity contribution in [2.75, 3.05) is 19.6 Å². The first-order chi connectivity index (χ1) is 14.1. The molecule has 0 bridgehead atoms. The number of nitrogens with two attached hydrogens (primary N) is 1. The van der Waals surface area contributed by atoms with E-state index in [9.17, 15) is 4.79 Å². The smallest absolute Gasteiger partial charge is 0.248 e. The summed E-state index contributed by atoms with van der Waals surface area (Å²) in [5.41, 5.74) is 9.39. The second-order valence-electron chi connectivity index (χ2n) is 7.41. The molecular weight excluding hydrogens is 489 g/mol. The number of hydrogen-bond acceptors (Lipinski definition) is 3. The van der Waals surface area contributed by atoms with E-state index in [-0.39, 0.29) is 24.0 Å². The molecule has 162 valence electrons. The number of amides is 1. The molecule has 1 aliphatic rings. The minimum Gasteiger partial charge on any atom is -0.366 e. The molecule has 2 aromatic rings. The normalized spacial score (nSPS) is 14.2. The molecule has 1 heterocycles. The Morgan fingerprint density at radius 3 is 2.40 bits per heavy atom. The zero-order chi connectivity index (χ0) is 20.5. The van der Waals surface area contributed by atoms with E-state index in [1.165, 1.54) is 37.1 Å². The average molecular weight is 521 g/mol. The molecule has 0 aromatic heterocycles. The topological polar surface area (TPSA) is 82.7 Å². The zero-order valence-electron chi connectivity index (χ0n) is 17.6. The van der Waals surface area contributed by atoms with Crippen LogP contribution >= 0.6 is 24.0 Å². The molecule has 3 rings (SSSR count). The number of carbonyl (C=O) groups excluding carboxylic acids is 1. The predicted octanol–water partition coefficient (Wildman–Crippen LogP) is 3.25. The number of nitrogens with one attached hydrogen (secondary N) is 2. The highest BCUT2D eigenvalue weighted by atomic mass is 127. The highest BCUT2D eigenvalue weighted by molar-refractivity contribution is 14.0. The quantitative estimate of drug-likeness (QED) is 0.283. The van der Waals surface area contributed by atoms with Crippen LogP contribution in [0.15, 0.2) is 53.5 Å². The van der Waals surface area contributed by atoms with Gasteiger partial charge in [-0.1, -0.05) is 36.4 Å². The number of halogens is 1. The van der Waals surface area contributed by atoms with Crippen LogP contribution in [0.1, 0.15) is 46.8 Å². The van der Waals surface area contributed by atoms with Crippen molar-refractivity contribution in [1.29, 1.82) is 0 Å². The van der Waals surface area contributed by atoms with E-state index in [4.69, 9.17) is 5.73 Å². The Hall–Kier alpha value is -2.13. The maximum Gasteiger partial charge on any atom is 0.248 e. The summed E-state index contributed by atoms with van der Waals surface area (Å²) in [6, 6.07) is 16.1. The van der Waals surface area contributed by atoms with Crippen molar-refractivity contribution in [3.05, 3.63) is 70.8 Å². The number of aliphatic imine (C=N–C) groups is 1. The van der Waals surface area contributed by atoms with Gasteiger partial charge in [0.25, 0.3) is 0 Å². The number of guanidine groups is 1. The van der Waals surface area contributed by atoms with Crippen LogP contribution in [-0.2, 0) is 19.6 Å². The van der Waals surface area contributed by atoms with Gasteiger partial charge in [-0.25, -0.2) is 4.99 Å².